The van der Waals surface area contributed by atoms with Crippen molar-refractivity contribution in [2.24, 2.45) is 5.92 Å². The summed E-state index contributed by atoms with van der Waals surface area (Å²) >= 11 is 0. The molecule has 0 spiro atoms. The molecule has 0 unspecified atom stereocenters. The summed E-state index contributed by atoms with van der Waals surface area (Å²) in [6.07, 6.45) is -0.0180. The van der Waals surface area contributed by atoms with Crippen LogP contribution in [0.2, 0.25) is 0 Å². The van der Waals surface area contributed by atoms with Crippen molar-refractivity contribution in [1.29, 1.82) is 0 Å². The summed E-state index contributed by atoms with van der Waals surface area (Å²) in [5.74, 6) is -0.487. The molecule has 0 aliphatic carbocycles. The van der Waals surface area contributed by atoms with Crippen LogP contribution in [0.15, 0.2) is 0 Å². The first kappa shape index (κ1) is 15.7. The van der Waals surface area contributed by atoms with Crippen molar-refractivity contribution in [3.63, 3.8) is 0 Å². The summed E-state index contributed by atoms with van der Waals surface area (Å²) in [7, 11) is 1.64. The Hall–Kier alpha value is -1.26. The number of hydrogen-bond donors (Lipinski definition) is 1. The van der Waals surface area contributed by atoms with E-state index in [1.165, 1.54) is 4.90 Å². The quantitative estimate of drug-likeness (QED) is 0.776. The maximum Gasteiger partial charge on any atom is 0.319 e. The van der Waals surface area contributed by atoms with Crippen LogP contribution in [0.3, 0.4) is 0 Å². The summed E-state index contributed by atoms with van der Waals surface area (Å²) in [6.45, 7) is 8.97. The molecule has 0 atom stereocenters. The molecule has 0 aliphatic rings. The second-order valence-electron chi connectivity index (χ2n) is 4.99. The van der Waals surface area contributed by atoms with Crippen molar-refractivity contribution in [3.05, 3.63) is 0 Å². The zero-order chi connectivity index (χ0) is 13.6. The number of nitrogens with zero attached hydrogens (tertiary/aromatic N) is 2. The van der Waals surface area contributed by atoms with Crippen LogP contribution in [0.1, 0.15) is 34.1 Å². The summed E-state index contributed by atoms with van der Waals surface area (Å²) in [5, 5.41) is 8.59. The van der Waals surface area contributed by atoms with Crippen LogP contribution in [0.5, 0.6) is 0 Å². The Bertz CT molecular complexity index is 264. The van der Waals surface area contributed by atoms with Gasteiger partial charge < -0.3 is 14.9 Å². The van der Waals surface area contributed by atoms with E-state index in [1.807, 2.05) is 13.8 Å². The lowest BCUT2D eigenvalue weighted by atomic mass is 10.2. The normalized spacial score (nSPS) is 10.8. The van der Waals surface area contributed by atoms with Gasteiger partial charge >= 0.3 is 12.0 Å². The molecule has 2 amide bonds. The zero-order valence-corrected chi connectivity index (χ0v) is 11.4. The number of urea groups is 1. The Morgan fingerprint density at radius 3 is 2.06 bits per heavy atom. The van der Waals surface area contributed by atoms with Crippen LogP contribution in [-0.4, -0.2) is 53.1 Å². The van der Waals surface area contributed by atoms with Gasteiger partial charge in [-0.05, 0) is 19.8 Å². The Morgan fingerprint density at radius 1 is 1.18 bits per heavy atom. The molecule has 0 rings (SSSR count). The Kier molecular flexibility index (Phi) is 6.61. The lowest BCUT2D eigenvalue weighted by molar-refractivity contribution is -0.137. The zero-order valence-electron chi connectivity index (χ0n) is 11.4. The fourth-order valence-corrected chi connectivity index (χ4v) is 1.48. The van der Waals surface area contributed by atoms with E-state index in [9.17, 15) is 9.59 Å². The van der Waals surface area contributed by atoms with E-state index >= 15 is 0 Å². The van der Waals surface area contributed by atoms with Crippen LogP contribution < -0.4 is 0 Å². The fraction of sp³-hybridized carbons (Fsp3) is 0.833. The van der Waals surface area contributed by atoms with Gasteiger partial charge in [-0.25, -0.2) is 4.79 Å². The Balaban J connectivity index is 4.44. The Labute approximate surface area is 103 Å². The lowest BCUT2D eigenvalue weighted by Gasteiger charge is -2.32. The minimum Gasteiger partial charge on any atom is -0.481 e. The SMILES string of the molecule is CC(C)CN(C(=O)N(C)CCC(=O)O)C(C)C. The molecular weight excluding hydrogens is 220 g/mol. The smallest absolute Gasteiger partial charge is 0.319 e. The van der Waals surface area contributed by atoms with Gasteiger partial charge in [-0.2, -0.15) is 0 Å². The molecule has 0 heterocycles. The molecule has 0 saturated carbocycles. The monoisotopic (exact) mass is 244 g/mol. The molecule has 100 valence electrons. The van der Waals surface area contributed by atoms with E-state index in [4.69, 9.17) is 5.11 Å². The first-order valence-electron chi connectivity index (χ1n) is 5.99. The standard InChI is InChI=1S/C12H24N2O3/c1-9(2)8-14(10(3)4)12(17)13(5)7-6-11(15)16/h9-10H,6-8H2,1-5H3,(H,15,16). The first-order valence-corrected chi connectivity index (χ1v) is 5.99. The third-order valence-electron chi connectivity index (χ3n) is 2.42. The third-order valence-corrected chi connectivity index (χ3v) is 2.42. The lowest BCUT2D eigenvalue weighted by Crippen LogP contribution is -2.46. The average Bonchev–Trinajstić information content (AvgIpc) is 2.20. The number of hydrogen-bond acceptors (Lipinski definition) is 2. The van der Waals surface area contributed by atoms with E-state index in [0.29, 0.717) is 12.5 Å². The molecule has 0 aromatic carbocycles. The second kappa shape index (κ2) is 7.14. The number of carboxylic acids is 1. The minimum atomic E-state index is -0.885. The van der Waals surface area contributed by atoms with Gasteiger partial charge in [-0.15, -0.1) is 0 Å². The molecule has 0 saturated heterocycles. The first-order chi connectivity index (χ1) is 7.75. The maximum absolute atomic E-state index is 12.1. The van der Waals surface area contributed by atoms with Gasteiger partial charge in [0.2, 0.25) is 0 Å². The van der Waals surface area contributed by atoms with Crippen molar-refractivity contribution in [2.45, 2.75) is 40.2 Å². The molecule has 5 heteroatoms. The highest BCUT2D eigenvalue weighted by atomic mass is 16.4. The van der Waals surface area contributed by atoms with Crippen LogP contribution in [0.4, 0.5) is 4.79 Å². The van der Waals surface area contributed by atoms with E-state index in [1.54, 1.807) is 11.9 Å². The molecule has 0 bridgehead atoms. The van der Waals surface area contributed by atoms with Gasteiger partial charge in [-0.3, -0.25) is 4.79 Å². The van der Waals surface area contributed by atoms with Gasteiger partial charge in [0.15, 0.2) is 0 Å². The van der Waals surface area contributed by atoms with Crippen LogP contribution in [0.25, 0.3) is 0 Å². The molecule has 0 aromatic heterocycles. The predicted octanol–water partition coefficient (Wildman–Crippen LogP) is 1.88. The predicted molar refractivity (Wildman–Crippen MR) is 67.0 cm³/mol. The van der Waals surface area contributed by atoms with E-state index in [-0.39, 0.29) is 25.0 Å². The molecule has 5 nitrogen and oxygen atoms in total. The van der Waals surface area contributed by atoms with Crippen molar-refractivity contribution in [3.8, 4) is 0 Å². The highest BCUT2D eigenvalue weighted by Gasteiger charge is 2.21. The summed E-state index contributed by atoms with van der Waals surface area (Å²) in [4.78, 5) is 25.8. The molecular formula is C12H24N2O3. The van der Waals surface area contributed by atoms with Crippen molar-refractivity contribution in [1.82, 2.24) is 9.80 Å². The summed E-state index contributed by atoms with van der Waals surface area (Å²) in [5.41, 5.74) is 0. The molecule has 0 fully saturated rings. The highest BCUT2D eigenvalue weighted by molar-refractivity contribution is 5.75. The molecule has 17 heavy (non-hydrogen) atoms. The van der Waals surface area contributed by atoms with Gasteiger partial charge in [0, 0.05) is 26.2 Å². The minimum absolute atomic E-state index is 0.0180. The van der Waals surface area contributed by atoms with E-state index in [2.05, 4.69) is 13.8 Å². The van der Waals surface area contributed by atoms with E-state index < -0.39 is 5.97 Å². The number of amides is 2. The third kappa shape index (κ3) is 6.14. The summed E-state index contributed by atoms with van der Waals surface area (Å²) < 4.78 is 0. The van der Waals surface area contributed by atoms with Crippen LogP contribution in [0, 0.1) is 5.92 Å². The van der Waals surface area contributed by atoms with Gasteiger partial charge in [0.1, 0.15) is 0 Å². The molecule has 1 N–H and O–H groups in total. The van der Waals surface area contributed by atoms with Crippen molar-refractivity contribution >= 4 is 12.0 Å². The second-order valence-corrected chi connectivity index (χ2v) is 4.99. The number of aliphatic carboxylic acids is 1. The fourth-order valence-electron chi connectivity index (χ4n) is 1.48. The van der Waals surface area contributed by atoms with Gasteiger partial charge in [0.25, 0.3) is 0 Å². The maximum atomic E-state index is 12.1. The Morgan fingerprint density at radius 2 is 1.71 bits per heavy atom. The van der Waals surface area contributed by atoms with Crippen LogP contribution in [-0.2, 0) is 4.79 Å². The van der Waals surface area contributed by atoms with Gasteiger partial charge in [-0.1, -0.05) is 13.8 Å². The number of carbonyl (C=O) groups is 2. The molecule has 0 aliphatic heterocycles. The topological polar surface area (TPSA) is 60.9 Å². The van der Waals surface area contributed by atoms with Gasteiger partial charge in [0.05, 0.1) is 6.42 Å². The largest absolute Gasteiger partial charge is 0.481 e. The molecule has 0 radical (unpaired) electrons. The highest BCUT2D eigenvalue weighted by Crippen LogP contribution is 2.08. The van der Waals surface area contributed by atoms with Crippen molar-refractivity contribution < 1.29 is 14.7 Å². The number of rotatable bonds is 6. The van der Waals surface area contributed by atoms with Crippen molar-refractivity contribution in [2.75, 3.05) is 20.1 Å². The van der Waals surface area contributed by atoms with E-state index in [0.717, 1.165) is 0 Å². The average molecular weight is 244 g/mol. The molecule has 0 aromatic rings. The summed E-state index contributed by atoms with van der Waals surface area (Å²) in [6, 6.07) is 0.0205. The number of carboxylic acid groups (broad SMARTS) is 1. The van der Waals surface area contributed by atoms with Crippen LogP contribution >= 0.6 is 0 Å². The number of carbonyl (C=O) groups excluding carboxylic acids is 1.